The van der Waals surface area contributed by atoms with Crippen molar-refractivity contribution in [3.8, 4) is 6.07 Å². The van der Waals surface area contributed by atoms with Gasteiger partial charge in [0.2, 0.25) is 0 Å². The lowest BCUT2D eigenvalue weighted by molar-refractivity contribution is -0.139. The lowest BCUT2D eigenvalue weighted by Crippen LogP contribution is -2.32. The van der Waals surface area contributed by atoms with Gasteiger partial charge in [0.15, 0.2) is 0 Å². The molecule has 1 aliphatic rings. The Hall–Kier alpha value is -2.93. The minimum atomic E-state index is -4.59. The number of alkyl halides is 3. The zero-order valence-corrected chi connectivity index (χ0v) is 18.7. The van der Waals surface area contributed by atoms with E-state index in [1.54, 1.807) is 13.8 Å². The first-order chi connectivity index (χ1) is 15.1. The number of ether oxygens (including phenoxy) is 2. The Morgan fingerprint density at radius 3 is 2.41 bits per heavy atom. The highest BCUT2D eigenvalue weighted by molar-refractivity contribution is 7.99. The first-order valence-corrected chi connectivity index (χ1v) is 10.8. The fourth-order valence-corrected chi connectivity index (χ4v) is 4.00. The number of hydrogen-bond donors (Lipinski definition) is 1. The Morgan fingerprint density at radius 1 is 1.16 bits per heavy atom. The van der Waals surface area contributed by atoms with Crippen LogP contribution in [0.15, 0.2) is 46.8 Å². The van der Waals surface area contributed by atoms with Crippen LogP contribution in [0.3, 0.4) is 0 Å². The fourth-order valence-electron chi connectivity index (χ4n) is 3.36. The van der Waals surface area contributed by atoms with Crippen LogP contribution in [0, 0.1) is 11.3 Å². The molecule has 0 saturated heterocycles. The number of esters is 2. The molecule has 1 atom stereocenters. The normalized spacial score (nSPS) is 16.3. The van der Waals surface area contributed by atoms with Gasteiger partial charge < -0.3 is 14.8 Å². The highest BCUT2D eigenvalue weighted by Gasteiger charge is 2.39. The number of rotatable bonds is 8. The third kappa shape index (κ3) is 6.07. The Morgan fingerprint density at radius 2 is 1.81 bits per heavy atom. The SMILES string of the molecule is COC(=O)C1=C(C)NC(C)=C(C(=O)OCCSCCC#N)C1c1cccc(C(F)(F)F)c1. The summed E-state index contributed by atoms with van der Waals surface area (Å²) in [5.74, 6) is -1.54. The number of benzene rings is 1. The van der Waals surface area contributed by atoms with Gasteiger partial charge in [-0.3, -0.25) is 0 Å². The molecule has 0 amide bonds. The van der Waals surface area contributed by atoms with Gasteiger partial charge in [-0.05, 0) is 25.5 Å². The smallest absolute Gasteiger partial charge is 0.416 e. The summed E-state index contributed by atoms with van der Waals surface area (Å²) in [7, 11) is 1.16. The first-order valence-electron chi connectivity index (χ1n) is 9.67. The van der Waals surface area contributed by atoms with E-state index in [1.807, 2.05) is 6.07 Å². The van der Waals surface area contributed by atoms with Gasteiger partial charge in [-0.25, -0.2) is 9.59 Å². The van der Waals surface area contributed by atoms with Crippen LogP contribution in [0.5, 0.6) is 0 Å². The first kappa shape index (κ1) is 25.3. The molecule has 172 valence electrons. The van der Waals surface area contributed by atoms with E-state index in [0.717, 1.165) is 19.2 Å². The van der Waals surface area contributed by atoms with Crippen molar-refractivity contribution in [3.63, 3.8) is 0 Å². The number of halogens is 3. The van der Waals surface area contributed by atoms with Crippen molar-refractivity contribution >= 4 is 23.7 Å². The van der Waals surface area contributed by atoms with Crippen molar-refractivity contribution < 1.29 is 32.2 Å². The van der Waals surface area contributed by atoms with Crippen molar-refractivity contribution in [1.29, 1.82) is 5.26 Å². The molecule has 1 aliphatic heterocycles. The lowest BCUT2D eigenvalue weighted by atomic mass is 9.80. The number of allylic oxidation sites excluding steroid dienone is 2. The molecule has 6 nitrogen and oxygen atoms in total. The second-order valence-corrected chi connectivity index (χ2v) is 8.13. The second-order valence-electron chi connectivity index (χ2n) is 6.91. The van der Waals surface area contributed by atoms with Crippen LogP contribution in [-0.4, -0.2) is 37.2 Å². The molecule has 1 aromatic carbocycles. The molecular weight excluding hydrogens is 445 g/mol. The van der Waals surface area contributed by atoms with Crippen molar-refractivity contribution in [2.45, 2.75) is 32.4 Å². The van der Waals surface area contributed by atoms with Crippen LogP contribution >= 0.6 is 11.8 Å². The van der Waals surface area contributed by atoms with Crippen molar-refractivity contribution in [2.75, 3.05) is 25.2 Å². The summed E-state index contributed by atoms with van der Waals surface area (Å²) in [4.78, 5) is 25.5. The molecule has 0 aliphatic carbocycles. The quantitative estimate of drug-likeness (QED) is 0.449. The largest absolute Gasteiger partial charge is 0.466 e. The summed E-state index contributed by atoms with van der Waals surface area (Å²) in [6, 6.07) is 6.52. The maximum atomic E-state index is 13.3. The van der Waals surface area contributed by atoms with Crippen LogP contribution in [0.4, 0.5) is 13.2 Å². The molecular formula is C22H23F3N2O4S. The Kier molecular flexibility index (Phi) is 8.78. The van der Waals surface area contributed by atoms with Gasteiger partial charge in [-0.15, -0.1) is 0 Å². The molecule has 1 unspecified atom stereocenters. The van der Waals surface area contributed by atoms with Gasteiger partial charge in [0.05, 0.1) is 35.8 Å². The van der Waals surface area contributed by atoms with E-state index in [0.29, 0.717) is 29.3 Å². The van der Waals surface area contributed by atoms with Gasteiger partial charge in [-0.1, -0.05) is 18.2 Å². The highest BCUT2D eigenvalue weighted by Crippen LogP contribution is 2.41. The van der Waals surface area contributed by atoms with E-state index in [1.165, 1.54) is 23.9 Å². The van der Waals surface area contributed by atoms with Crippen LogP contribution in [0.1, 0.15) is 37.3 Å². The van der Waals surface area contributed by atoms with E-state index in [2.05, 4.69) is 5.32 Å². The minimum Gasteiger partial charge on any atom is -0.466 e. The molecule has 1 aromatic rings. The Balaban J connectivity index is 2.43. The molecule has 1 N–H and O–H groups in total. The van der Waals surface area contributed by atoms with Gasteiger partial charge >= 0.3 is 18.1 Å². The number of nitrogens with zero attached hydrogens (tertiary/aromatic N) is 1. The van der Waals surface area contributed by atoms with Gasteiger partial charge in [0, 0.05) is 29.3 Å². The number of thioether (sulfide) groups is 1. The van der Waals surface area contributed by atoms with Crippen molar-refractivity contribution in [3.05, 3.63) is 57.9 Å². The van der Waals surface area contributed by atoms with Crippen molar-refractivity contribution in [1.82, 2.24) is 5.32 Å². The van der Waals surface area contributed by atoms with Crippen LogP contribution in [0.25, 0.3) is 0 Å². The average Bonchev–Trinajstić information content (AvgIpc) is 2.74. The van der Waals surface area contributed by atoms with Crippen LogP contribution in [0.2, 0.25) is 0 Å². The monoisotopic (exact) mass is 468 g/mol. The standard InChI is InChI=1S/C22H23F3N2O4S/c1-13-17(20(28)30-3)19(15-6-4-7-16(12-15)22(23,24)25)18(14(2)27-13)21(29)31-9-11-32-10-5-8-26/h4,6-7,12,19,27H,5,9-11H2,1-3H3. The Bertz CT molecular complexity index is 980. The van der Waals surface area contributed by atoms with Gasteiger partial charge in [-0.2, -0.15) is 30.2 Å². The predicted molar refractivity (Wildman–Crippen MR) is 113 cm³/mol. The molecule has 0 bridgehead atoms. The van der Waals surface area contributed by atoms with E-state index < -0.39 is 29.6 Å². The summed E-state index contributed by atoms with van der Waals surface area (Å²) in [5, 5.41) is 11.5. The van der Waals surface area contributed by atoms with E-state index in [4.69, 9.17) is 14.7 Å². The minimum absolute atomic E-state index is 0.0350. The molecule has 2 rings (SSSR count). The number of hydrogen-bond acceptors (Lipinski definition) is 7. The Labute approximate surface area is 188 Å². The van der Waals surface area contributed by atoms with E-state index in [9.17, 15) is 22.8 Å². The van der Waals surface area contributed by atoms with Gasteiger partial charge in [0.25, 0.3) is 0 Å². The molecule has 1 heterocycles. The van der Waals surface area contributed by atoms with Crippen LogP contribution < -0.4 is 5.32 Å². The molecule has 0 saturated carbocycles. The zero-order chi connectivity index (χ0) is 23.9. The number of dihydropyridines is 1. The molecule has 0 fully saturated rings. The number of carbonyl (C=O) groups excluding carboxylic acids is 2. The number of nitrogens with one attached hydrogen (secondary N) is 1. The maximum absolute atomic E-state index is 13.3. The molecule has 0 spiro atoms. The summed E-state index contributed by atoms with van der Waals surface area (Å²) in [6.45, 7) is 3.23. The third-order valence-corrected chi connectivity index (χ3v) is 5.70. The number of methoxy groups -OCH3 is 1. The molecule has 0 radical (unpaired) electrons. The predicted octanol–water partition coefficient (Wildman–Crippen LogP) is 4.30. The molecule has 0 aromatic heterocycles. The summed E-state index contributed by atoms with van der Waals surface area (Å²) in [6.07, 6.45) is -4.22. The van der Waals surface area contributed by atoms with Crippen molar-refractivity contribution in [2.24, 2.45) is 0 Å². The molecule has 10 heteroatoms. The molecule has 32 heavy (non-hydrogen) atoms. The van der Waals surface area contributed by atoms with Crippen LogP contribution in [-0.2, 0) is 25.2 Å². The number of nitriles is 1. The number of carbonyl (C=O) groups is 2. The third-order valence-electron chi connectivity index (χ3n) is 4.75. The highest BCUT2D eigenvalue weighted by atomic mass is 32.2. The fraction of sp³-hybridized carbons (Fsp3) is 0.409. The average molecular weight is 468 g/mol. The zero-order valence-electron chi connectivity index (χ0n) is 17.8. The topological polar surface area (TPSA) is 88.4 Å². The summed E-state index contributed by atoms with van der Waals surface area (Å²) < 4.78 is 50.1. The van der Waals surface area contributed by atoms with E-state index in [-0.39, 0.29) is 23.3 Å². The second kappa shape index (κ2) is 11.1. The summed E-state index contributed by atoms with van der Waals surface area (Å²) >= 11 is 1.44. The van der Waals surface area contributed by atoms with Gasteiger partial charge in [0.1, 0.15) is 6.61 Å². The lowest BCUT2D eigenvalue weighted by Gasteiger charge is -2.30. The maximum Gasteiger partial charge on any atom is 0.416 e. The summed E-state index contributed by atoms with van der Waals surface area (Å²) in [5.41, 5.74) is 0.0515. The van der Waals surface area contributed by atoms with E-state index >= 15 is 0 Å².